The molecule has 2 heterocycles. The Morgan fingerprint density at radius 2 is 1.95 bits per heavy atom. The third-order valence-electron chi connectivity index (χ3n) is 3.47. The van der Waals surface area contributed by atoms with Gasteiger partial charge in [-0.1, -0.05) is 34.1 Å². The fourth-order valence-corrected chi connectivity index (χ4v) is 2.78. The van der Waals surface area contributed by atoms with Crippen molar-refractivity contribution in [2.75, 3.05) is 11.9 Å². The zero-order valence-electron chi connectivity index (χ0n) is 11.4. The Balaban J connectivity index is 0.000000131. The first-order valence-electron chi connectivity index (χ1n) is 6.70. The number of aliphatic imine (C=N–C) groups is 1. The van der Waals surface area contributed by atoms with Gasteiger partial charge in [-0.2, -0.15) is 0 Å². The Kier molecular flexibility index (Phi) is 3.75. The molecule has 0 bridgehead atoms. The van der Waals surface area contributed by atoms with Crippen molar-refractivity contribution >= 4 is 33.3 Å². The molecule has 0 fully saturated rings. The average Bonchev–Trinajstić information content (AvgIpc) is 3.05. The van der Waals surface area contributed by atoms with E-state index in [1.54, 1.807) is 0 Å². The maximum atomic E-state index is 7.47. The van der Waals surface area contributed by atoms with Crippen molar-refractivity contribution in [3.05, 3.63) is 63.6 Å². The highest BCUT2D eigenvalue weighted by molar-refractivity contribution is 9.10. The number of amidine groups is 2. The summed E-state index contributed by atoms with van der Waals surface area (Å²) >= 11 is 3.32. The molecular weight excluding hydrogens is 328 g/mol. The van der Waals surface area contributed by atoms with Crippen LogP contribution in [0.3, 0.4) is 0 Å². The Morgan fingerprint density at radius 1 is 1.14 bits per heavy atom. The van der Waals surface area contributed by atoms with Gasteiger partial charge in [0.15, 0.2) is 5.84 Å². The molecule has 0 radical (unpaired) electrons. The van der Waals surface area contributed by atoms with Gasteiger partial charge in [-0.05, 0) is 36.2 Å². The molecule has 2 aromatic rings. The van der Waals surface area contributed by atoms with Gasteiger partial charge in [0.2, 0.25) is 0 Å². The smallest absolute Gasteiger partial charge is 0.154 e. The fraction of sp³-hybridized carbons (Fsp3) is 0.125. The normalized spacial score (nSPS) is 14.5. The monoisotopic (exact) mass is 342 g/mol. The van der Waals surface area contributed by atoms with E-state index in [-0.39, 0.29) is 5.84 Å². The van der Waals surface area contributed by atoms with Crippen LogP contribution in [0.5, 0.6) is 0 Å². The Morgan fingerprint density at radius 3 is 2.76 bits per heavy atom. The number of halogens is 1. The third kappa shape index (κ3) is 2.83. The number of benzene rings is 2. The number of para-hydroxylation sites is 1. The van der Waals surface area contributed by atoms with Crippen LogP contribution in [0.25, 0.3) is 0 Å². The summed E-state index contributed by atoms with van der Waals surface area (Å²) in [7, 11) is 0. The number of nitrogens with zero attached hydrogens (tertiary/aromatic N) is 1. The predicted molar refractivity (Wildman–Crippen MR) is 90.3 cm³/mol. The van der Waals surface area contributed by atoms with Gasteiger partial charge >= 0.3 is 0 Å². The van der Waals surface area contributed by atoms with E-state index in [1.165, 1.54) is 17.7 Å². The molecule has 0 unspecified atom stereocenters. The number of hydrogen-bond donors (Lipinski definition) is 3. The van der Waals surface area contributed by atoms with Crippen LogP contribution in [0.2, 0.25) is 0 Å². The quantitative estimate of drug-likeness (QED) is 0.687. The summed E-state index contributed by atoms with van der Waals surface area (Å²) in [5.74, 6) is 0.673. The second-order valence-corrected chi connectivity index (χ2v) is 5.79. The SMILES string of the molecule is N=C1N=C(N)c2ccc(Br)cc21.c1ccc2c(c1)CCN2. The lowest BCUT2D eigenvalue weighted by atomic mass is 10.1. The Hall–Kier alpha value is -2.14. The molecule has 2 aliphatic heterocycles. The molecule has 5 heteroatoms. The van der Waals surface area contributed by atoms with Gasteiger partial charge in [0.25, 0.3) is 0 Å². The highest BCUT2D eigenvalue weighted by Crippen LogP contribution is 2.21. The van der Waals surface area contributed by atoms with Crippen LogP contribution in [-0.2, 0) is 6.42 Å². The molecule has 0 saturated heterocycles. The number of nitrogens with two attached hydrogens (primary N) is 1. The molecule has 4 nitrogen and oxygen atoms in total. The highest BCUT2D eigenvalue weighted by atomic mass is 79.9. The standard InChI is InChI=1S/C8H6BrN3.C8H9N/c9-4-1-2-5-6(3-4)8(11)12-7(5)10;1-2-4-8-7(3-1)5-6-9-8/h1-3H,(H3,10,11,12);1-4,9H,5-6H2. The first-order chi connectivity index (χ1) is 10.1. The van der Waals surface area contributed by atoms with E-state index in [0.717, 1.165) is 22.1 Å². The fourth-order valence-electron chi connectivity index (χ4n) is 2.42. The van der Waals surface area contributed by atoms with Gasteiger partial charge in [0.1, 0.15) is 5.84 Å². The lowest BCUT2D eigenvalue weighted by Gasteiger charge is -1.97. The molecule has 0 amide bonds. The van der Waals surface area contributed by atoms with Gasteiger partial charge in [-0.15, -0.1) is 0 Å². The van der Waals surface area contributed by atoms with Crippen molar-refractivity contribution in [2.24, 2.45) is 10.7 Å². The first-order valence-corrected chi connectivity index (χ1v) is 7.49. The summed E-state index contributed by atoms with van der Waals surface area (Å²) in [4.78, 5) is 3.85. The molecule has 0 spiro atoms. The van der Waals surface area contributed by atoms with Crippen LogP contribution < -0.4 is 11.1 Å². The summed E-state index contributed by atoms with van der Waals surface area (Å²) in [5, 5.41) is 10.8. The van der Waals surface area contributed by atoms with Crippen molar-refractivity contribution in [3.63, 3.8) is 0 Å². The summed E-state index contributed by atoms with van der Waals surface area (Å²) in [6.07, 6.45) is 1.19. The zero-order chi connectivity index (χ0) is 14.8. The number of nitrogens with one attached hydrogen (secondary N) is 2. The molecule has 4 N–H and O–H groups in total. The lowest BCUT2D eigenvalue weighted by Crippen LogP contribution is -2.09. The second-order valence-electron chi connectivity index (χ2n) is 4.87. The molecule has 106 valence electrons. The predicted octanol–water partition coefficient (Wildman–Crippen LogP) is 3.15. The molecule has 21 heavy (non-hydrogen) atoms. The van der Waals surface area contributed by atoms with E-state index in [1.807, 2.05) is 18.2 Å². The van der Waals surface area contributed by atoms with Gasteiger partial charge in [0.05, 0.1) is 0 Å². The number of anilines is 1. The minimum atomic E-state index is 0.240. The third-order valence-corrected chi connectivity index (χ3v) is 3.97. The van der Waals surface area contributed by atoms with Crippen molar-refractivity contribution < 1.29 is 0 Å². The molecule has 0 aromatic heterocycles. The van der Waals surface area contributed by atoms with Crippen LogP contribution in [-0.4, -0.2) is 18.2 Å². The van der Waals surface area contributed by atoms with Crippen molar-refractivity contribution in [1.82, 2.24) is 0 Å². The number of hydrogen-bond acceptors (Lipinski definition) is 3. The van der Waals surface area contributed by atoms with Crippen LogP contribution in [0, 0.1) is 5.41 Å². The lowest BCUT2D eigenvalue weighted by molar-refractivity contribution is 1.11. The zero-order valence-corrected chi connectivity index (χ0v) is 12.9. The summed E-state index contributed by atoms with van der Waals surface area (Å²) < 4.78 is 0.941. The van der Waals surface area contributed by atoms with E-state index in [4.69, 9.17) is 11.1 Å². The molecular formula is C16H15BrN4. The largest absolute Gasteiger partial charge is 0.384 e. The van der Waals surface area contributed by atoms with Gasteiger partial charge < -0.3 is 11.1 Å². The van der Waals surface area contributed by atoms with Gasteiger partial charge in [0, 0.05) is 27.8 Å². The molecule has 0 saturated carbocycles. The minimum absolute atomic E-state index is 0.240. The Labute approximate surface area is 131 Å². The van der Waals surface area contributed by atoms with Crippen LogP contribution in [0.4, 0.5) is 5.69 Å². The molecule has 2 aliphatic rings. The van der Waals surface area contributed by atoms with Crippen LogP contribution >= 0.6 is 15.9 Å². The summed E-state index contributed by atoms with van der Waals surface area (Å²) in [6, 6.07) is 14.1. The summed E-state index contributed by atoms with van der Waals surface area (Å²) in [5.41, 5.74) is 10.00. The highest BCUT2D eigenvalue weighted by Gasteiger charge is 2.17. The maximum Gasteiger partial charge on any atom is 0.154 e. The number of rotatable bonds is 0. The van der Waals surface area contributed by atoms with E-state index < -0.39 is 0 Å². The van der Waals surface area contributed by atoms with Gasteiger partial charge in [-0.3, -0.25) is 5.41 Å². The van der Waals surface area contributed by atoms with E-state index in [0.29, 0.717) is 5.84 Å². The molecule has 4 rings (SSSR count). The maximum absolute atomic E-state index is 7.47. The molecule has 2 aromatic carbocycles. The van der Waals surface area contributed by atoms with E-state index >= 15 is 0 Å². The molecule has 0 aliphatic carbocycles. The average molecular weight is 343 g/mol. The van der Waals surface area contributed by atoms with E-state index in [2.05, 4.69) is 50.5 Å². The minimum Gasteiger partial charge on any atom is -0.384 e. The number of fused-ring (bicyclic) bond motifs is 2. The topological polar surface area (TPSA) is 74.3 Å². The van der Waals surface area contributed by atoms with Crippen molar-refractivity contribution in [3.8, 4) is 0 Å². The van der Waals surface area contributed by atoms with E-state index in [9.17, 15) is 0 Å². The first kappa shape index (κ1) is 13.8. The summed E-state index contributed by atoms with van der Waals surface area (Å²) in [6.45, 7) is 1.11. The second kappa shape index (κ2) is 5.69. The van der Waals surface area contributed by atoms with Gasteiger partial charge in [-0.25, -0.2) is 4.99 Å². The van der Waals surface area contributed by atoms with Crippen LogP contribution in [0.15, 0.2) is 51.9 Å². The Bertz CT molecular complexity index is 714. The molecule has 0 atom stereocenters. The van der Waals surface area contributed by atoms with Crippen LogP contribution in [0.1, 0.15) is 16.7 Å². The van der Waals surface area contributed by atoms with Crippen molar-refractivity contribution in [1.29, 1.82) is 5.41 Å². The van der Waals surface area contributed by atoms with Crippen molar-refractivity contribution in [2.45, 2.75) is 6.42 Å².